The molecule has 2 saturated heterocycles. The molecule has 0 saturated carbocycles. The normalized spacial score (nSPS) is 18.8. The SMILES string of the molecule is CCCCCN1C(=O)/C(=C/c2cc3cc(C)ccc3nc2N2CCOCC2)SC1=S. The molecule has 1 aromatic carbocycles. The first kappa shape index (κ1) is 21.3. The molecule has 0 atom stereocenters. The second-order valence-electron chi connectivity index (χ2n) is 7.74. The molecule has 0 radical (unpaired) electrons. The molecule has 2 aliphatic rings. The molecule has 0 unspecified atom stereocenters. The number of morpholine rings is 1. The topological polar surface area (TPSA) is 45.7 Å². The number of fused-ring (bicyclic) bond motifs is 1. The van der Waals surface area contributed by atoms with Gasteiger partial charge in [0.05, 0.1) is 23.6 Å². The van der Waals surface area contributed by atoms with Crippen LogP contribution in [0.5, 0.6) is 0 Å². The predicted octanol–water partition coefficient (Wildman–Crippen LogP) is 4.77. The van der Waals surface area contributed by atoms with E-state index in [2.05, 4.69) is 43.0 Å². The Morgan fingerprint density at radius 1 is 1.23 bits per heavy atom. The van der Waals surface area contributed by atoms with Gasteiger partial charge in [-0.3, -0.25) is 9.69 Å². The highest BCUT2D eigenvalue weighted by molar-refractivity contribution is 8.26. The number of amides is 1. The fourth-order valence-corrected chi connectivity index (χ4v) is 5.09. The Morgan fingerprint density at radius 2 is 2.03 bits per heavy atom. The predicted molar refractivity (Wildman–Crippen MR) is 129 cm³/mol. The smallest absolute Gasteiger partial charge is 0.266 e. The average Bonchev–Trinajstić information content (AvgIpc) is 3.01. The van der Waals surface area contributed by atoms with E-state index in [0.29, 0.717) is 29.0 Å². The maximum Gasteiger partial charge on any atom is 0.266 e. The second kappa shape index (κ2) is 9.45. The third-order valence-electron chi connectivity index (χ3n) is 5.43. The summed E-state index contributed by atoms with van der Waals surface area (Å²) in [6, 6.07) is 8.42. The number of carbonyl (C=O) groups is 1. The Kier molecular flexibility index (Phi) is 6.71. The number of thioether (sulfide) groups is 1. The number of aromatic nitrogens is 1. The van der Waals surface area contributed by atoms with Gasteiger partial charge in [0.15, 0.2) is 0 Å². The number of nitrogens with zero attached hydrogens (tertiary/aromatic N) is 3. The molecular weight excluding hydrogens is 414 g/mol. The lowest BCUT2D eigenvalue weighted by Gasteiger charge is -2.29. The highest BCUT2D eigenvalue weighted by Crippen LogP contribution is 2.35. The van der Waals surface area contributed by atoms with Gasteiger partial charge in [-0.05, 0) is 37.6 Å². The summed E-state index contributed by atoms with van der Waals surface area (Å²) in [7, 11) is 0. The van der Waals surface area contributed by atoms with E-state index in [9.17, 15) is 4.79 Å². The summed E-state index contributed by atoms with van der Waals surface area (Å²) in [4.78, 5) is 22.7. The number of anilines is 1. The Labute approximate surface area is 187 Å². The van der Waals surface area contributed by atoms with Crippen molar-refractivity contribution in [1.29, 1.82) is 0 Å². The van der Waals surface area contributed by atoms with Gasteiger partial charge in [-0.1, -0.05) is 55.4 Å². The molecule has 158 valence electrons. The molecule has 5 nitrogen and oxygen atoms in total. The molecule has 2 aliphatic heterocycles. The number of hydrogen-bond acceptors (Lipinski definition) is 6. The molecule has 2 fully saturated rings. The number of aryl methyl sites for hydroxylation is 1. The summed E-state index contributed by atoms with van der Waals surface area (Å²) in [5, 5.41) is 1.08. The lowest BCUT2D eigenvalue weighted by atomic mass is 10.1. The molecule has 0 N–H and O–H groups in total. The zero-order chi connectivity index (χ0) is 21.1. The summed E-state index contributed by atoms with van der Waals surface area (Å²) in [6.45, 7) is 7.90. The summed E-state index contributed by atoms with van der Waals surface area (Å²) in [5.74, 6) is 0.921. The molecule has 30 heavy (non-hydrogen) atoms. The minimum atomic E-state index is 0.0124. The van der Waals surface area contributed by atoms with Crippen LogP contribution in [0.4, 0.5) is 5.82 Å². The molecule has 2 aromatic rings. The van der Waals surface area contributed by atoms with E-state index in [1.807, 2.05) is 6.08 Å². The van der Waals surface area contributed by atoms with E-state index in [0.717, 1.165) is 54.6 Å². The largest absolute Gasteiger partial charge is 0.378 e. The van der Waals surface area contributed by atoms with Crippen molar-refractivity contribution in [3.63, 3.8) is 0 Å². The van der Waals surface area contributed by atoms with Gasteiger partial charge in [0, 0.05) is 30.6 Å². The van der Waals surface area contributed by atoms with E-state index in [1.165, 1.54) is 17.3 Å². The van der Waals surface area contributed by atoms with Crippen LogP contribution in [-0.2, 0) is 9.53 Å². The molecular formula is C23H27N3O2S2. The first-order valence-corrected chi connectivity index (χ1v) is 11.8. The minimum absolute atomic E-state index is 0.0124. The van der Waals surface area contributed by atoms with Crippen molar-refractivity contribution < 1.29 is 9.53 Å². The van der Waals surface area contributed by atoms with E-state index in [-0.39, 0.29) is 5.91 Å². The second-order valence-corrected chi connectivity index (χ2v) is 9.41. The maximum absolute atomic E-state index is 13.0. The zero-order valence-corrected chi connectivity index (χ0v) is 19.2. The van der Waals surface area contributed by atoms with Crippen LogP contribution in [0.3, 0.4) is 0 Å². The van der Waals surface area contributed by atoms with Gasteiger partial charge in [0.1, 0.15) is 10.1 Å². The van der Waals surface area contributed by atoms with E-state index in [4.69, 9.17) is 21.9 Å². The number of thiocarbonyl (C=S) groups is 1. The van der Waals surface area contributed by atoms with Crippen LogP contribution in [0, 0.1) is 6.92 Å². The van der Waals surface area contributed by atoms with Crippen molar-refractivity contribution in [2.75, 3.05) is 37.7 Å². The van der Waals surface area contributed by atoms with E-state index in [1.54, 1.807) is 4.90 Å². The quantitative estimate of drug-likeness (QED) is 0.366. The standard InChI is InChI=1S/C23H27N3O2S2/c1-3-4-5-8-26-22(27)20(30-23(26)29)15-18-14-17-13-16(2)6-7-19(17)24-21(18)25-9-11-28-12-10-25/h6-7,13-15H,3-5,8-12H2,1-2H3/b20-15-. The van der Waals surface area contributed by atoms with Crippen molar-refractivity contribution in [3.05, 3.63) is 40.3 Å². The summed E-state index contributed by atoms with van der Waals surface area (Å²) in [5.41, 5.74) is 3.12. The number of hydrogen-bond donors (Lipinski definition) is 0. The lowest BCUT2D eigenvalue weighted by molar-refractivity contribution is -0.122. The van der Waals surface area contributed by atoms with Crippen LogP contribution in [0.15, 0.2) is 29.2 Å². The monoisotopic (exact) mass is 441 g/mol. The highest BCUT2D eigenvalue weighted by atomic mass is 32.2. The van der Waals surface area contributed by atoms with E-state index < -0.39 is 0 Å². The van der Waals surface area contributed by atoms with Crippen LogP contribution < -0.4 is 4.90 Å². The first-order valence-electron chi connectivity index (χ1n) is 10.6. The van der Waals surface area contributed by atoms with Gasteiger partial charge in [0.2, 0.25) is 0 Å². The third-order valence-corrected chi connectivity index (χ3v) is 6.81. The number of unbranched alkanes of at least 4 members (excludes halogenated alkanes) is 2. The summed E-state index contributed by atoms with van der Waals surface area (Å²) in [6.07, 6.45) is 5.17. The van der Waals surface area contributed by atoms with Crippen molar-refractivity contribution >= 4 is 57.0 Å². The fraction of sp³-hybridized carbons (Fsp3) is 0.435. The number of carbonyl (C=O) groups excluding carboxylic acids is 1. The van der Waals surface area contributed by atoms with E-state index >= 15 is 0 Å². The Balaban J connectivity index is 1.71. The third kappa shape index (κ3) is 4.53. The van der Waals surface area contributed by atoms with Gasteiger partial charge < -0.3 is 9.64 Å². The van der Waals surface area contributed by atoms with Crippen LogP contribution in [-0.4, -0.2) is 53.0 Å². The zero-order valence-electron chi connectivity index (χ0n) is 17.5. The maximum atomic E-state index is 13.0. The molecule has 3 heterocycles. The van der Waals surface area contributed by atoms with Crippen molar-refractivity contribution in [1.82, 2.24) is 9.88 Å². The number of rotatable bonds is 6. The van der Waals surface area contributed by atoms with Crippen molar-refractivity contribution in [3.8, 4) is 0 Å². The number of benzene rings is 1. The highest BCUT2D eigenvalue weighted by Gasteiger charge is 2.32. The molecule has 7 heteroatoms. The average molecular weight is 442 g/mol. The Bertz CT molecular complexity index is 999. The molecule has 0 spiro atoms. The van der Waals surface area contributed by atoms with Gasteiger partial charge >= 0.3 is 0 Å². The summed E-state index contributed by atoms with van der Waals surface area (Å²) >= 11 is 6.89. The minimum Gasteiger partial charge on any atom is -0.378 e. The number of ether oxygens (including phenoxy) is 1. The van der Waals surface area contributed by atoms with Crippen LogP contribution in [0.25, 0.3) is 17.0 Å². The lowest BCUT2D eigenvalue weighted by Crippen LogP contribution is -2.37. The van der Waals surface area contributed by atoms with Gasteiger partial charge in [-0.2, -0.15) is 0 Å². The van der Waals surface area contributed by atoms with Crippen molar-refractivity contribution in [2.45, 2.75) is 33.1 Å². The molecule has 1 aromatic heterocycles. The van der Waals surface area contributed by atoms with Crippen LogP contribution >= 0.6 is 24.0 Å². The molecule has 0 bridgehead atoms. The van der Waals surface area contributed by atoms with Crippen LogP contribution in [0.2, 0.25) is 0 Å². The van der Waals surface area contributed by atoms with Crippen LogP contribution in [0.1, 0.15) is 37.3 Å². The summed E-state index contributed by atoms with van der Waals surface area (Å²) < 4.78 is 6.18. The van der Waals surface area contributed by atoms with Gasteiger partial charge in [-0.15, -0.1) is 0 Å². The molecule has 1 amide bonds. The molecule has 4 rings (SSSR count). The fourth-order valence-electron chi connectivity index (χ4n) is 3.79. The Morgan fingerprint density at radius 3 is 2.80 bits per heavy atom. The van der Waals surface area contributed by atoms with Gasteiger partial charge in [0.25, 0.3) is 5.91 Å². The number of pyridine rings is 1. The Hall–Kier alpha value is -1.96. The van der Waals surface area contributed by atoms with Crippen molar-refractivity contribution in [2.24, 2.45) is 0 Å². The first-order chi connectivity index (χ1) is 14.6. The molecule has 0 aliphatic carbocycles. The van der Waals surface area contributed by atoms with Gasteiger partial charge in [-0.25, -0.2) is 4.98 Å².